The lowest BCUT2D eigenvalue weighted by atomic mass is 10.0. The average Bonchev–Trinajstić information content (AvgIpc) is 2.55. The molecular weight excluding hydrogens is 290 g/mol. The molecular formula is C23H51N. The second-order valence-electron chi connectivity index (χ2n) is 7.81. The van der Waals surface area contributed by atoms with Gasteiger partial charge in [-0.2, -0.15) is 0 Å². The highest BCUT2D eigenvalue weighted by Crippen LogP contribution is 2.13. The summed E-state index contributed by atoms with van der Waals surface area (Å²) in [6, 6.07) is 0. The highest BCUT2D eigenvalue weighted by atomic mass is 15.0. The molecule has 0 aliphatic carbocycles. The van der Waals surface area contributed by atoms with Gasteiger partial charge in [0.1, 0.15) is 0 Å². The van der Waals surface area contributed by atoms with E-state index < -0.39 is 0 Å². The van der Waals surface area contributed by atoms with Crippen molar-refractivity contribution >= 4 is 0 Å². The molecule has 0 bridgehead atoms. The summed E-state index contributed by atoms with van der Waals surface area (Å²) in [6.45, 7) is 7.81. The number of rotatable bonds is 17. The number of unbranched alkanes of at least 4 members (excludes halogenated alkanes) is 15. The Labute approximate surface area is 156 Å². The summed E-state index contributed by atoms with van der Waals surface area (Å²) in [4.78, 5) is 2.30. The van der Waals surface area contributed by atoms with E-state index in [-0.39, 0.29) is 0 Å². The van der Waals surface area contributed by atoms with Crippen LogP contribution in [0.4, 0.5) is 0 Å². The molecule has 1 nitrogen and oxygen atoms in total. The zero-order valence-corrected chi connectivity index (χ0v) is 18.2. The molecule has 0 aromatic rings. The van der Waals surface area contributed by atoms with Crippen molar-refractivity contribution in [1.82, 2.24) is 4.90 Å². The Hall–Kier alpha value is -0.0400. The zero-order chi connectivity index (χ0) is 18.3. The third kappa shape index (κ3) is 29.9. The number of nitrogens with zero attached hydrogens (tertiary/aromatic N) is 1. The summed E-state index contributed by atoms with van der Waals surface area (Å²) in [5.41, 5.74) is 0. The van der Waals surface area contributed by atoms with Gasteiger partial charge < -0.3 is 4.90 Å². The summed E-state index contributed by atoms with van der Waals surface area (Å²) in [6.07, 6.45) is 24.6. The van der Waals surface area contributed by atoms with E-state index in [1.807, 2.05) is 0 Å². The van der Waals surface area contributed by atoms with Gasteiger partial charge in [-0.05, 0) is 27.1 Å². The first kappa shape index (κ1) is 26.2. The van der Waals surface area contributed by atoms with Crippen molar-refractivity contribution in [2.45, 2.75) is 130 Å². The molecule has 0 radical (unpaired) electrons. The smallest absolute Gasteiger partial charge is 0.00248 e. The van der Waals surface area contributed by atoms with Crippen LogP contribution in [0.1, 0.15) is 130 Å². The van der Waals surface area contributed by atoms with Crippen molar-refractivity contribution in [2.24, 2.45) is 0 Å². The standard InChI is InChI=1S/C20H43N.C3H8/c1-4-5-6-7-8-9-10-11-12-13-14-15-16-17-18-19-20-21(2)3;1-3-2/h4-20H2,1-3H3;3H2,1-2H3. The highest BCUT2D eigenvalue weighted by Gasteiger charge is 1.95. The van der Waals surface area contributed by atoms with E-state index in [0.29, 0.717) is 0 Å². The molecule has 0 atom stereocenters. The Morgan fingerprint density at radius 1 is 0.417 bits per heavy atom. The second kappa shape index (κ2) is 25.2. The molecule has 0 amide bonds. The van der Waals surface area contributed by atoms with Gasteiger partial charge in [-0.1, -0.05) is 124 Å². The Morgan fingerprint density at radius 2 is 0.667 bits per heavy atom. The molecule has 1 heteroatoms. The van der Waals surface area contributed by atoms with Crippen LogP contribution < -0.4 is 0 Å². The number of hydrogen-bond acceptors (Lipinski definition) is 1. The fourth-order valence-electron chi connectivity index (χ4n) is 2.98. The second-order valence-corrected chi connectivity index (χ2v) is 7.81. The summed E-state index contributed by atoms with van der Waals surface area (Å²) in [7, 11) is 4.34. The van der Waals surface area contributed by atoms with Gasteiger partial charge in [0.15, 0.2) is 0 Å². The molecule has 0 heterocycles. The third-order valence-corrected chi connectivity index (χ3v) is 4.46. The quantitative estimate of drug-likeness (QED) is 0.241. The average molecular weight is 342 g/mol. The normalized spacial score (nSPS) is 10.8. The van der Waals surface area contributed by atoms with Crippen molar-refractivity contribution in [1.29, 1.82) is 0 Å². The minimum Gasteiger partial charge on any atom is -0.309 e. The van der Waals surface area contributed by atoms with Gasteiger partial charge in [0.05, 0.1) is 0 Å². The zero-order valence-electron chi connectivity index (χ0n) is 18.2. The van der Waals surface area contributed by atoms with Gasteiger partial charge in [-0.15, -0.1) is 0 Å². The highest BCUT2D eigenvalue weighted by molar-refractivity contribution is 4.50. The molecule has 24 heavy (non-hydrogen) atoms. The summed E-state index contributed by atoms with van der Waals surface area (Å²) in [5.74, 6) is 0. The van der Waals surface area contributed by atoms with Crippen molar-refractivity contribution in [3.63, 3.8) is 0 Å². The number of hydrogen-bond donors (Lipinski definition) is 0. The maximum absolute atomic E-state index is 2.30. The molecule has 0 unspecified atom stereocenters. The molecule has 0 spiro atoms. The first-order valence-corrected chi connectivity index (χ1v) is 11.3. The minimum absolute atomic E-state index is 1.25. The molecule has 0 aromatic heterocycles. The SMILES string of the molecule is CCC.CCCCCCCCCCCCCCCCCCN(C)C. The monoisotopic (exact) mass is 341 g/mol. The van der Waals surface area contributed by atoms with Crippen LogP contribution >= 0.6 is 0 Å². The molecule has 0 aromatic carbocycles. The van der Waals surface area contributed by atoms with E-state index in [1.165, 1.54) is 116 Å². The lowest BCUT2D eigenvalue weighted by molar-refractivity contribution is 0.389. The molecule has 148 valence electrons. The maximum atomic E-state index is 2.30. The molecule has 0 rings (SSSR count). The van der Waals surface area contributed by atoms with Crippen molar-refractivity contribution in [3.05, 3.63) is 0 Å². The Morgan fingerprint density at radius 3 is 0.917 bits per heavy atom. The van der Waals surface area contributed by atoms with Crippen LogP contribution in [0.3, 0.4) is 0 Å². The Bertz CT molecular complexity index is 188. The van der Waals surface area contributed by atoms with Crippen LogP contribution in [0.5, 0.6) is 0 Å². The minimum atomic E-state index is 1.25. The van der Waals surface area contributed by atoms with Crippen LogP contribution in [0.15, 0.2) is 0 Å². The third-order valence-electron chi connectivity index (χ3n) is 4.46. The Kier molecular flexibility index (Phi) is 27.5. The molecule has 0 saturated heterocycles. The van der Waals surface area contributed by atoms with Gasteiger partial charge in [-0.25, -0.2) is 0 Å². The molecule has 0 saturated carbocycles. The van der Waals surface area contributed by atoms with E-state index in [0.717, 1.165) is 0 Å². The fraction of sp³-hybridized carbons (Fsp3) is 1.00. The van der Waals surface area contributed by atoms with Crippen molar-refractivity contribution in [3.8, 4) is 0 Å². The van der Waals surface area contributed by atoms with Gasteiger partial charge in [-0.3, -0.25) is 0 Å². The van der Waals surface area contributed by atoms with Crippen LogP contribution in [-0.2, 0) is 0 Å². The summed E-state index contributed by atoms with van der Waals surface area (Å²) < 4.78 is 0. The molecule has 0 aliphatic rings. The van der Waals surface area contributed by atoms with Crippen molar-refractivity contribution < 1.29 is 0 Å². The maximum Gasteiger partial charge on any atom is -0.00248 e. The summed E-state index contributed by atoms with van der Waals surface area (Å²) >= 11 is 0. The van der Waals surface area contributed by atoms with Gasteiger partial charge in [0.2, 0.25) is 0 Å². The van der Waals surface area contributed by atoms with Crippen LogP contribution in [0.2, 0.25) is 0 Å². The van der Waals surface area contributed by atoms with E-state index in [2.05, 4.69) is 39.8 Å². The summed E-state index contributed by atoms with van der Waals surface area (Å²) in [5, 5.41) is 0. The topological polar surface area (TPSA) is 3.24 Å². The van der Waals surface area contributed by atoms with Gasteiger partial charge in [0, 0.05) is 0 Å². The predicted molar refractivity (Wildman–Crippen MR) is 114 cm³/mol. The van der Waals surface area contributed by atoms with Crippen molar-refractivity contribution in [2.75, 3.05) is 20.6 Å². The molecule has 0 fully saturated rings. The van der Waals surface area contributed by atoms with E-state index in [1.54, 1.807) is 0 Å². The van der Waals surface area contributed by atoms with Gasteiger partial charge in [0.25, 0.3) is 0 Å². The van der Waals surface area contributed by atoms with Crippen LogP contribution in [0.25, 0.3) is 0 Å². The first-order chi connectivity index (χ1) is 11.7. The first-order valence-electron chi connectivity index (χ1n) is 11.3. The predicted octanol–water partition coefficient (Wildman–Crippen LogP) is 8.23. The van der Waals surface area contributed by atoms with E-state index in [9.17, 15) is 0 Å². The van der Waals surface area contributed by atoms with Crippen LogP contribution in [0, 0.1) is 0 Å². The van der Waals surface area contributed by atoms with Gasteiger partial charge >= 0.3 is 0 Å². The van der Waals surface area contributed by atoms with Crippen LogP contribution in [-0.4, -0.2) is 25.5 Å². The lowest BCUT2D eigenvalue weighted by Crippen LogP contribution is -2.12. The lowest BCUT2D eigenvalue weighted by Gasteiger charge is -2.08. The molecule has 0 aliphatic heterocycles. The largest absolute Gasteiger partial charge is 0.309 e. The van der Waals surface area contributed by atoms with E-state index >= 15 is 0 Å². The molecule has 0 N–H and O–H groups in total. The van der Waals surface area contributed by atoms with E-state index in [4.69, 9.17) is 0 Å². The Balaban J connectivity index is 0. The fourth-order valence-corrected chi connectivity index (χ4v) is 2.98.